The summed E-state index contributed by atoms with van der Waals surface area (Å²) < 4.78 is 10.5. The van der Waals surface area contributed by atoms with Crippen LogP contribution in [0.2, 0.25) is 0 Å². The number of esters is 1. The second-order valence-electron chi connectivity index (χ2n) is 3.98. The van der Waals surface area contributed by atoms with Crippen LogP contribution in [0.25, 0.3) is 0 Å². The zero-order valence-electron chi connectivity index (χ0n) is 8.91. The maximum Gasteiger partial charge on any atom is 0.308 e. The van der Waals surface area contributed by atoms with Gasteiger partial charge in [0.2, 0.25) is 0 Å². The van der Waals surface area contributed by atoms with Gasteiger partial charge in [0.25, 0.3) is 0 Å². The summed E-state index contributed by atoms with van der Waals surface area (Å²) in [6.07, 6.45) is 0.350. The zero-order chi connectivity index (χ0) is 10.4. The Labute approximate surface area is 85.0 Å². The molecular formula is C10H19NO3. The number of carbonyl (C=O) groups excluding carboxylic acids is 1. The lowest BCUT2D eigenvalue weighted by molar-refractivity contribution is -0.148. The predicted octanol–water partition coefficient (Wildman–Crippen LogP) is 0.564. The second kappa shape index (κ2) is 5.98. The summed E-state index contributed by atoms with van der Waals surface area (Å²) in [5.41, 5.74) is 0. The van der Waals surface area contributed by atoms with Crippen LogP contribution in [0.3, 0.4) is 0 Å². The number of morpholine rings is 1. The molecule has 14 heavy (non-hydrogen) atoms. The van der Waals surface area contributed by atoms with Crippen LogP contribution in [-0.2, 0) is 14.3 Å². The fraction of sp³-hybridized carbons (Fsp3) is 0.900. The molecule has 1 fully saturated rings. The average Bonchev–Trinajstić information content (AvgIpc) is 2.16. The lowest BCUT2D eigenvalue weighted by Crippen LogP contribution is -2.39. The van der Waals surface area contributed by atoms with Crippen molar-refractivity contribution in [1.82, 2.24) is 5.32 Å². The lowest BCUT2D eigenvalue weighted by Gasteiger charge is -2.22. The highest BCUT2D eigenvalue weighted by Crippen LogP contribution is 2.04. The molecule has 4 heteroatoms. The van der Waals surface area contributed by atoms with E-state index in [4.69, 9.17) is 9.47 Å². The topological polar surface area (TPSA) is 47.6 Å². The SMILES string of the molecule is CC(C)COC(=O)CC1CNCCO1. The van der Waals surface area contributed by atoms with Crippen LogP contribution in [-0.4, -0.2) is 38.4 Å². The minimum Gasteiger partial charge on any atom is -0.465 e. The van der Waals surface area contributed by atoms with Crippen molar-refractivity contribution in [3.8, 4) is 0 Å². The molecule has 0 aromatic carbocycles. The van der Waals surface area contributed by atoms with Crippen LogP contribution in [0.5, 0.6) is 0 Å². The lowest BCUT2D eigenvalue weighted by atomic mass is 10.2. The quantitative estimate of drug-likeness (QED) is 0.675. The van der Waals surface area contributed by atoms with E-state index in [2.05, 4.69) is 5.32 Å². The molecule has 0 radical (unpaired) electrons. The Hall–Kier alpha value is -0.610. The highest BCUT2D eigenvalue weighted by atomic mass is 16.5. The molecule has 0 bridgehead atoms. The highest BCUT2D eigenvalue weighted by Gasteiger charge is 2.18. The fourth-order valence-electron chi connectivity index (χ4n) is 1.26. The first-order valence-electron chi connectivity index (χ1n) is 5.16. The molecule has 0 saturated carbocycles. The highest BCUT2D eigenvalue weighted by molar-refractivity contribution is 5.70. The second-order valence-corrected chi connectivity index (χ2v) is 3.98. The number of nitrogens with one attached hydrogen (secondary N) is 1. The number of ether oxygens (including phenoxy) is 2. The number of hydrogen-bond donors (Lipinski definition) is 1. The third kappa shape index (κ3) is 4.58. The minimum atomic E-state index is -0.160. The smallest absolute Gasteiger partial charge is 0.308 e. The fourth-order valence-corrected chi connectivity index (χ4v) is 1.26. The van der Waals surface area contributed by atoms with E-state index < -0.39 is 0 Å². The van der Waals surface area contributed by atoms with Gasteiger partial charge in [0.15, 0.2) is 0 Å². The first-order chi connectivity index (χ1) is 6.68. The van der Waals surface area contributed by atoms with E-state index in [-0.39, 0.29) is 12.1 Å². The summed E-state index contributed by atoms with van der Waals surface area (Å²) in [6.45, 7) is 6.84. The Morgan fingerprint density at radius 3 is 3.00 bits per heavy atom. The van der Waals surface area contributed by atoms with Crippen molar-refractivity contribution in [2.75, 3.05) is 26.3 Å². The third-order valence-corrected chi connectivity index (χ3v) is 1.98. The van der Waals surface area contributed by atoms with Crippen molar-refractivity contribution >= 4 is 5.97 Å². The summed E-state index contributed by atoms with van der Waals surface area (Å²) in [5.74, 6) is 0.233. The molecule has 0 aromatic heterocycles. The van der Waals surface area contributed by atoms with Gasteiger partial charge in [-0.3, -0.25) is 4.79 Å². The minimum absolute atomic E-state index is 0.0107. The Morgan fingerprint density at radius 1 is 1.64 bits per heavy atom. The van der Waals surface area contributed by atoms with E-state index in [0.29, 0.717) is 25.6 Å². The summed E-state index contributed by atoms with van der Waals surface area (Å²) in [5, 5.41) is 3.17. The van der Waals surface area contributed by atoms with Crippen LogP contribution >= 0.6 is 0 Å². The molecule has 1 unspecified atom stereocenters. The van der Waals surface area contributed by atoms with Crippen molar-refractivity contribution in [2.24, 2.45) is 5.92 Å². The van der Waals surface area contributed by atoms with E-state index in [0.717, 1.165) is 13.1 Å². The van der Waals surface area contributed by atoms with Crippen molar-refractivity contribution in [1.29, 1.82) is 0 Å². The van der Waals surface area contributed by atoms with Gasteiger partial charge in [0.05, 0.1) is 25.7 Å². The molecule has 1 aliphatic rings. The van der Waals surface area contributed by atoms with Gasteiger partial charge in [0.1, 0.15) is 0 Å². The maximum atomic E-state index is 11.3. The molecule has 1 saturated heterocycles. The Balaban J connectivity index is 2.12. The van der Waals surface area contributed by atoms with E-state index in [9.17, 15) is 4.79 Å². The molecule has 4 nitrogen and oxygen atoms in total. The van der Waals surface area contributed by atoms with E-state index >= 15 is 0 Å². The molecule has 1 heterocycles. The van der Waals surface area contributed by atoms with Gasteiger partial charge in [-0.05, 0) is 5.92 Å². The molecule has 0 amide bonds. The maximum absolute atomic E-state index is 11.3. The molecule has 0 aliphatic carbocycles. The van der Waals surface area contributed by atoms with Gasteiger partial charge in [-0.15, -0.1) is 0 Å². The molecule has 1 atom stereocenters. The number of hydrogen-bond acceptors (Lipinski definition) is 4. The van der Waals surface area contributed by atoms with Gasteiger partial charge in [-0.2, -0.15) is 0 Å². The van der Waals surface area contributed by atoms with Crippen LogP contribution in [0.4, 0.5) is 0 Å². The van der Waals surface area contributed by atoms with Gasteiger partial charge < -0.3 is 14.8 Å². The van der Waals surface area contributed by atoms with Gasteiger partial charge in [-0.25, -0.2) is 0 Å². The predicted molar refractivity (Wildman–Crippen MR) is 53.0 cm³/mol. The summed E-state index contributed by atoms with van der Waals surface area (Å²) in [7, 11) is 0. The van der Waals surface area contributed by atoms with Crippen LogP contribution in [0.15, 0.2) is 0 Å². The van der Waals surface area contributed by atoms with Crippen LogP contribution in [0.1, 0.15) is 20.3 Å². The summed E-state index contributed by atoms with van der Waals surface area (Å²) >= 11 is 0. The molecule has 0 aromatic rings. The van der Waals surface area contributed by atoms with Crippen LogP contribution < -0.4 is 5.32 Å². The first kappa shape index (κ1) is 11.5. The van der Waals surface area contributed by atoms with Crippen LogP contribution in [0, 0.1) is 5.92 Å². The normalized spacial score (nSPS) is 22.4. The molecule has 1 rings (SSSR count). The van der Waals surface area contributed by atoms with Crippen molar-refractivity contribution < 1.29 is 14.3 Å². The molecule has 0 spiro atoms. The zero-order valence-corrected chi connectivity index (χ0v) is 8.91. The van der Waals surface area contributed by atoms with Crippen molar-refractivity contribution in [3.63, 3.8) is 0 Å². The first-order valence-corrected chi connectivity index (χ1v) is 5.16. The molecule has 1 N–H and O–H groups in total. The monoisotopic (exact) mass is 201 g/mol. The van der Waals surface area contributed by atoms with Gasteiger partial charge in [0, 0.05) is 13.1 Å². The standard InChI is InChI=1S/C10H19NO3/c1-8(2)7-14-10(12)5-9-6-11-3-4-13-9/h8-9,11H,3-7H2,1-2H3. The summed E-state index contributed by atoms with van der Waals surface area (Å²) in [4.78, 5) is 11.3. The summed E-state index contributed by atoms with van der Waals surface area (Å²) in [6, 6.07) is 0. The molecule has 82 valence electrons. The Morgan fingerprint density at radius 2 is 2.43 bits per heavy atom. The molecule has 1 aliphatic heterocycles. The third-order valence-electron chi connectivity index (χ3n) is 1.98. The van der Waals surface area contributed by atoms with E-state index in [1.165, 1.54) is 0 Å². The van der Waals surface area contributed by atoms with Gasteiger partial charge in [-0.1, -0.05) is 13.8 Å². The Kier molecular flexibility index (Phi) is 4.90. The van der Waals surface area contributed by atoms with E-state index in [1.54, 1.807) is 0 Å². The largest absolute Gasteiger partial charge is 0.465 e. The number of rotatable bonds is 4. The van der Waals surface area contributed by atoms with E-state index in [1.807, 2.05) is 13.8 Å². The van der Waals surface area contributed by atoms with Crippen molar-refractivity contribution in [2.45, 2.75) is 26.4 Å². The Bertz CT molecular complexity index is 176. The molecular weight excluding hydrogens is 182 g/mol. The average molecular weight is 201 g/mol. The van der Waals surface area contributed by atoms with Crippen molar-refractivity contribution in [3.05, 3.63) is 0 Å². The number of carbonyl (C=O) groups is 1. The van der Waals surface area contributed by atoms with Gasteiger partial charge >= 0.3 is 5.97 Å².